The van der Waals surface area contributed by atoms with Crippen LogP contribution >= 0.6 is 0 Å². The number of pyridine rings is 1. The highest BCUT2D eigenvalue weighted by atomic mass is 16.5. The van der Waals surface area contributed by atoms with Gasteiger partial charge in [0.05, 0.1) is 19.6 Å². The summed E-state index contributed by atoms with van der Waals surface area (Å²) < 4.78 is 4.82. The fourth-order valence-electron chi connectivity index (χ4n) is 3.53. The lowest BCUT2D eigenvalue weighted by Crippen LogP contribution is -2.31. The van der Waals surface area contributed by atoms with E-state index in [0.29, 0.717) is 0 Å². The Bertz CT molecular complexity index is 1250. The molecule has 0 saturated heterocycles. The minimum Gasteiger partial charge on any atom is -0.508 e. The summed E-state index contributed by atoms with van der Waals surface area (Å²) in [7, 11) is 1.32. The Hall–Kier alpha value is -4.19. The number of hydrogen-bond acceptors (Lipinski definition) is 5. The van der Waals surface area contributed by atoms with Crippen LogP contribution in [0.1, 0.15) is 28.5 Å². The molecule has 1 unspecified atom stereocenters. The fraction of sp³-hybridized carbons (Fsp3) is 0.115. The van der Waals surface area contributed by atoms with Crippen LogP contribution < -0.4 is 5.32 Å². The number of fused-ring (bicyclic) bond motifs is 1. The van der Waals surface area contributed by atoms with Crippen molar-refractivity contribution in [2.75, 3.05) is 7.11 Å². The van der Waals surface area contributed by atoms with E-state index in [2.05, 4.69) is 10.3 Å². The summed E-state index contributed by atoms with van der Waals surface area (Å²) in [4.78, 5) is 29.1. The zero-order chi connectivity index (χ0) is 22.5. The third kappa shape index (κ3) is 4.75. The second-order valence-corrected chi connectivity index (χ2v) is 7.40. The normalized spacial score (nSPS) is 11.7. The predicted molar refractivity (Wildman–Crippen MR) is 122 cm³/mol. The maximum atomic E-state index is 12.9. The summed E-state index contributed by atoms with van der Waals surface area (Å²) in [6, 6.07) is 23.6. The van der Waals surface area contributed by atoms with Crippen molar-refractivity contribution in [3.05, 3.63) is 96.3 Å². The first-order valence-electron chi connectivity index (χ1n) is 10.2. The van der Waals surface area contributed by atoms with E-state index in [4.69, 9.17) is 4.74 Å². The molecule has 3 aromatic carbocycles. The summed E-state index contributed by atoms with van der Waals surface area (Å²) in [6.45, 7) is 0. The Morgan fingerprint density at radius 3 is 2.38 bits per heavy atom. The van der Waals surface area contributed by atoms with Crippen LogP contribution in [-0.4, -0.2) is 29.1 Å². The standard InChI is InChI=1S/C26H22N2O4/c1-32-25(30)15-23(19-9-7-18(8-10-19)17-5-3-2-4-6-17)28-26(31)24-14-20-11-12-22(29)13-21(20)16-27-24/h2-14,16,23,29H,15H2,1H3,(H,28,31). The van der Waals surface area contributed by atoms with Gasteiger partial charge in [-0.1, -0.05) is 60.7 Å². The number of nitrogens with zero attached hydrogens (tertiary/aromatic N) is 1. The molecule has 0 saturated carbocycles. The van der Waals surface area contributed by atoms with E-state index in [0.717, 1.165) is 27.5 Å². The number of hydrogen-bond donors (Lipinski definition) is 2. The molecule has 160 valence electrons. The lowest BCUT2D eigenvalue weighted by molar-refractivity contribution is -0.141. The fourth-order valence-corrected chi connectivity index (χ4v) is 3.53. The molecule has 0 aliphatic rings. The number of aromatic hydroxyl groups is 1. The molecule has 0 aliphatic carbocycles. The van der Waals surface area contributed by atoms with Crippen molar-refractivity contribution in [2.45, 2.75) is 12.5 Å². The highest BCUT2D eigenvalue weighted by Gasteiger charge is 2.21. The number of esters is 1. The largest absolute Gasteiger partial charge is 0.508 e. The Morgan fingerprint density at radius 2 is 1.66 bits per heavy atom. The van der Waals surface area contributed by atoms with E-state index >= 15 is 0 Å². The Balaban J connectivity index is 1.58. The molecule has 6 nitrogen and oxygen atoms in total. The third-order valence-corrected chi connectivity index (χ3v) is 5.26. The minimum absolute atomic E-state index is 0.00558. The monoisotopic (exact) mass is 426 g/mol. The molecule has 0 bridgehead atoms. The molecule has 4 rings (SSSR count). The van der Waals surface area contributed by atoms with Crippen molar-refractivity contribution in [3.8, 4) is 16.9 Å². The van der Waals surface area contributed by atoms with Crippen LogP contribution in [0, 0.1) is 0 Å². The van der Waals surface area contributed by atoms with Gasteiger partial charge in [-0.3, -0.25) is 14.6 Å². The number of phenolic OH excluding ortho intramolecular Hbond substituents is 1. The number of phenols is 1. The van der Waals surface area contributed by atoms with Crippen molar-refractivity contribution in [3.63, 3.8) is 0 Å². The molecule has 4 aromatic rings. The highest BCUT2D eigenvalue weighted by Crippen LogP contribution is 2.25. The number of ether oxygens (including phenoxy) is 1. The lowest BCUT2D eigenvalue weighted by Gasteiger charge is -2.18. The van der Waals surface area contributed by atoms with Crippen molar-refractivity contribution in [1.82, 2.24) is 10.3 Å². The quantitative estimate of drug-likeness (QED) is 0.439. The van der Waals surface area contributed by atoms with Crippen LogP contribution in [0.15, 0.2) is 85.1 Å². The molecular weight excluding hydrogens is 404 g/mol. The zero-order valence-electron chi connectivity index (χ0n) is 17.5. The molecule has 6 heteroatoms. The first-order chi connectivity index (χ1) is 15.5. The van der Waals surface area contributed by atoms with Gasteiger partial charge in [-0.2, -0.15) is 0 Å². The smallest absolute Gasteiger partial charge is 0.307 e. The molecule has 0 radical (unpaired) electrons. The molecule has 0 fully saturated rings. The third-order valence-electron chi connectivity index (χ3n) is 5.26. The average molecular weight is 426 g/mol. The van der Waals surface area contributed by atoms with E-state index in [1.807, 2.05) is 54.6 Å². The Labute approximate surface area is 185 Å². The van der Waals surface area contributed by atoms with Gasteiger partial charge in [0.2, 0.25) is 0 Å². The number of amides is 1. The van der Waals surface area contributed by atoms with Crippen LogP contribution in [0.5, 0.6) is 5.75 Å². The molecule has 1 amide bonds. The summed E-state index contributed by atoms with van der Waals surface area (Å²) in [5.74, 6) is -0.695. The van der Waals surface area contributed by atoms with E-state index in [-0.39, 0.29) is 17.9 Å². The number of nitrogens with one attached hydrogen (secondary N) is 1. The van der Waals surface area contributed by atoms with E-state index in [1.54, 1.807) is 24.3 Å². The molecule has 1 heterocycles. The summed E-state index contributed by atoms with van der Waals surface area (Å²) in [5.41, 5.74) is 3.13. The molecular formula is C26H22N2O4. The van der Waals surface area contributed by atoms with Crippen molar-refractivity contribution < 1.29 is 19.4 Å². The molecule has 1 atom stereocenters. The van der Waals surface area contributed by atoms with Gasteiger partial charge in [0.25, 0.3) is 5.91 Å². The number of methoxy groups -OCH3 is 1. The van der Waals surface area contributed by atoms with Gasteiger partial charge < -0.3 is 15.2 Å². The van der Waals surface area contributed by atoms with Crippen LogP contribution in [0.25, 0.3) is 21.9 Å². The summed E-state index contributed by atoms with van der Waals surface area (Å²) in [6.07, 6.45) is 1.53. The zero-order valence-corrected chi connectivity index (χ0v) is 17.5. The first kappa shape index (κ1) is 21.1. The lowest BCUT2D eigenvalue weighted by atomic mass is 9.99. The van der Waals surface area contributed by atoms with Gasteiger partial charge in [-0.05, 0) is 40.3 Å². The van der Waals surface area contributed by atoms with Crippen LogP contribution in [-0.2, 0) is 9.53 Å². The van der Waals surface area contributed by atoms with Gasteiger partial charge in [0, 0.05) is 11.6 Å². The number of rotatable bonds is 6. The average Bonchev–Trinajstić information content (AvgIpc) is 2.83. The number of carbonyl (C=O) groups excluding carboxylic acids is 2. The topological polar surface area (TPSA) is 88.5 Å². The van der Waals surface area contributed by atoms with Crippen LogP contribution in [0.2, 0.25) is 0 Å². The van der Waals surface area contributed by atoms with Crippen LogP contribution in [0.4, 0.5) is 0 Å². The molecule has 0 spiro atoms. The summed E-state index contributed by atoms with van der Waals surface area (Å²) >= 11 is 0. The van der Waals surface area contributed by atoms with Crippen LogP contribution in [0.3, 0.4) is 0 Å². The second kappa shape index (κ2) is 9.31. The maximum absolute atomic E-state index is 12.9. The van der Waals surface area contributed by atoms with Crippen molar-refractivity contribution >= 4 is 22.6 Å². The van der Waals surface area contributed by atoms with Gasteiger partial charge in [0.1, 0.15) is 11.4 Å². The molecule has 0 aliphatic heterocycles. The SMILES string of the molecule is COC(=O)CC(NC(=O)c1cc2ccc(O)cc2cn1)c1ccc(-c2ccccc2)cc1. The summed E-state index contributed by atoms with van der Waals surface area (Å²) in [5, 5.41) is 14.0. The van der Waals surface area contributed by atoms with E-state index in [9.17, 15) is 14.7 Å². The Morgan fingerprint density at radius 1 is 0.938 bits per heavy atom. The van der Waals surface area contributed by atoms with Gasteiger partial charge in [-0.25, -0.2) is 0 Å². The number of benzene rings is 3. The number of carbonyl (C=O) groups is 2. The molecule has 1 aromatic heterocycles. The second-order valence-electron chi connectivity index (χ2n) is 7.40. The predicted octanol–water partition coefficient (Wildman–Crippen LogP) is 4.64. The van der Waals surface area contributed by atoms with Gasteiger partial charge in [-0.15, -0.1) is 0 Å². The highest BCUT2D eigenvalue weighted by molar-refractivity contribution is 5.97. The molecule has 2 N–H and O–H groups in total. The van der Waals surface area contributed by atoms with Crippen molar-refractivity contribution in [2.24, 2.45) is 0 Å². The van der Waals surface area contributed by atoms with Gasteiger partial charge in [0.15, 0.2) is 0 Å². The first-order valence-corrected chi connectivity index (χ1v) is 10.2. The Kier molecular flexibility index (Phi) is 6.12. The van der Waals surface area contributed by atoms with E-state index in [1.165, 1.54) is 13.3 Å². The van der Waals surface area contributed by atoms with Gasteiger partial charge >= 0.3 is 5.97 Å². The minimum atomic E-state index is -0.572. The van der Waals surface area contributed by atoms with Crippen molar-refractivity contribution in [1.29, 1.82) is 0 Å². The van der Waals surface area contributed by atoms with E-state index < -0.39 is 17.9 Å². The number of aromatic nitrogens is 1. The molecule has 32 heavy (non-hydrogen) atoms. The maximum Gasteiger partial charge on any atom is 0.307 e.